The smallest absolute Gasteiger partial charge is 4.00 e. The van der Waals surface area contributed by atoms with E-state index in [-0.39, 0.29) is 21.1 Å². The molecule has 0 fully saturated rings. The quantitative estimate of drug-likeness (QED) is 0.230. The Hall–Kier alpha value is 5.54. The van der Waals surface area contributed by atoms with E-state index in [1.807, 2.05) is 0 Å². The predicted octanol–water partition coefficient (Wildman–Crippen LogP) is 8.27. The minimum atomic E-state index is -5.29. The molecule has 15 heavy (non-hydrogen) atoms. The van der Waals surface area contributed by atoms with Crippen molar-refractivity contribution >= 4 is 113 Å². The van der Waals surface area contributed by atoms with E-state index in [0.717, 1.165) is 0 Å². The van der Waals surface area contributed by atoms with Crippen LogP contribution in [0.2, 0.25) is 0 Å². The third kappa shape index (κ3) is 196. The molecule has 0 aromatic heterocycles. The van der Waals surface area contributed by atoms with Crippen molar-refractivity contribution in [3.05, 3.63) is 0 Å². The standard InChI is InChI=1S/12ClH.3Pt/h12*1H;;;/q;;;;;;;;;;;;3*+4/p-12. The van der Waals surface area contributed by atoms with Crippen LogP contribution in [0.5, 0.6) is 0 Å². The van der Waals surface area contributed by atoms with Gasteiger partial charge in [-0.3, -0.25) is 0 Å². The van der Waals surface area contributed by atoms with Gasteiger partial charge in [0.05, 0.1) is 0 Å². The van der Waals surface area contributed by atoms with E-state index in [0.29, 0.717) is 0 Å². The molecule has 0 aliphatic heterocycles. The van der Waals surface area contributed by atoms with Crippen molar-refractivity contribution in [3.8, 4) is 0 Å². The maximum absolute atomic E-state index is 5.29. The average molecular weight is 1010 g/mol. The molecular weight excluding hydrogens is 1010 g/mol. The van der Waals surface area contributed by atoms with Crippen molar-refractivity contribution in [1.82, 2.24) is 0 Å². The van der Waals surface area contributed by atoms with Crippen molar-refractivity contribution in [1.29, 1.82) is 0 Å². The summed E-state index contributed by atoms with van der Waals surface area (Å²) in [4.78, 5) is 0. The van der Waals surface area contributed by atoms with Crippen LogP contribution in [0.15, 0.2) is 0 Å². The van der Waals surface area contributed by atoms with Crippen LogP contribution in [0.25, 0.3) is 0 Å². The van der Waals surface area contributed by atoms with Gasteiger partial charge < -0.3 is 0 Å². The molecule has 0 N–H and O–H groups in total. The number of halogens is 12. The zero-order valence-corrected chi connectivity index (χ0v) is 21.4. The topological polar surface area (TPSA) is 0 Å². The first-order chi connectivity index (χ1) is 4.90. The molecule has 0 aliphatic carbocycles. The Morgan fingerprint density at radius 3 is 0.333 bits per heavy atom. The molecule has 15 heteroatoms. The van der Waals surface area contributed by atoms with E-state index in [1.54, 1.807) is 0 Å². The molecule has 0 saturated carbocycles. The second kappa shape index (κ2) is 5.32. The van der Waals surface area contributed by atoms with Crippen molar-refractivity contribution < 1.29 is 35.7 Å². The zero-order chi connectivity index (χ0) is 12.8. The summed E-state index contributed by atoms with van der Waals surface area (Å²) in [7, 11) is 50.0. The maximum atomic E-state index is 5.05. The van der Waals surface area contributed by atoms with Crippen LogP contribution < -0.4 is 0 Å². The fraction of sp³-hybridized carbons (Fsp3) is 0. The monoisotopic (exact) mass is 1000 g/mol. The van der Waals surface area contributed by atoms with Gasteiger partial charge in [0.2, 0.25) is 0 Å². The van der Waals surface area contributed by atoms with Gasteiger partial charge in [-0.2, -0.15) is 0 Å². The summed E-state index contributed by atoms with van der Waals surface area (Å²) in [5, 5.41) is 0. The first kappa shape index (κ1) is 25.5. The second-order valence-electron chi connectivity index (χ2n) is 1.36. The van der Waals surface area contributed by atoms with Crippen LogP contribution in [-0.4, -0.2) is 0 Å². The van der Waals surface area contributed by atoms with Gasteiger partial charge >= 0.3 is 149 Å². The van der Waals surface area contributed by atoms with Crippen LogP contribution in [0, 0.1) is 0 Å². The van der Waals surface area contributed by atoms with E-state index in [2.05, 4.69) is 0 Å². The fourth-order valence-corrected chi connectivity index (χ4v) is 0. The fourth-order valence-electron chi connectivity index (χ4n) is 0. The van der Waals surface area contributed by atoms with Crippen molar-refractivity contribution in [2.45, 2.75) is 0 Å². The molecule has 0 amide bonds. The largest absolute Gasteiger partial charge is 4.00 e. The average Bonchev–Trinajstić information content (AvgIpc) is 0.938. The Kier molecular flexibility index (Phi) is 9.04. The van der Waals surface area contributed by atoms with Gasteiger partial charge in [0, 0.05) is 0 Å². The second-order valence-corrected chi connectivity index (χ2v) is 99.8. The Bertz CT molecular complexity index is 158. The van der Waals surface area contributed by atoms with Crippen molar-refractivity contribution in [3.63, 3.8) is 0 Å². The Morgan fingerprint density at radius 1 is 0.333 bits per heavy atom. The zero-order valence-electron chi connectivity index (χ0n) is 5.48. The van der Waals surface area contributed by atoms with E-state index >= 15 is 0 Å². The van der Waals surface area contributed by atoms with Crippen LogP contribution in [-0.2, 0) is 35.7 Å². The molecule has 0 nitrogen and oxygen atoms in total. The van der Waals surface area contributed by atoms with Gasteiger partial charge in [-0.15, -0.1) is 0 Å². The van der Waals surface area contributed by atoms with Crippen LogP contribution in [0.3, 0.4) is 0 Å². The summed E-state index contributed by atoms with van der Waals surface area (Å²) in [5.74, 6) is 0. The van der Waals surface area contributed by atoms with Gasteiger partial charge in [-0.05, 0) is 0 Å². The first-order valence-corrected chi connectivity index (χ1v) is 35.2. The Morgan fingerprint density at radius 2 is 0.333 bits per heavy atom. The van der Waals surface area contributed by atoms with Gasteiger partial charge in [-0.1, -0.05) is 0 Å². The van der Waals surface area contributed by atoms with Crippen molar-refractivity contribution in [2.75, 3.05) is 0 Å². The summed E-state index contributed by atoms with van der Waals surface area (Å²) in [6.07, 6.45) is 0. The molecule has 0 radical (unpaired) electrons. The predicted molar refractivity (Wildman–Crippen MR) is 70.2 cm³/mol. The van der Waals surface area contributed by atoms with E-state index in [4.69, 9.17) is 113 Å². The molecule has 0 unspecified atom stereocenters. The SMILES string of the molecule is [Cl][Pt-2]([Cl])([Cl])([Cl])([Cl])[Cl].[Cl][Pt-2]([Cl])([Cl])([Cl])([Cl])[Cl].[Pt+4]. The molecule has 0 rings (SSSR count). The summed E-state index contributed by atoms with van der Waals surface area (Å²) in [5.41, 5.74) is 0. The Labute approximate surface area is 145 Å². The number of hydrogen-bond acceptors (Lipinski definition) is 0. The van der Waals surface area contributed by atoms with Crippen LogP contribution in [0.4, 0.5) is 0 Å². The van der Waals surface area contributed by atoms with Gasteiger partial charge in [0.25, 0.3) is 0 Å². The number of rotatable bonds is 0. The molecule has 0 bridgehead atoms. The molecule has 0 saturated heterocycles. The summed E-state index contributed by atoms with van der Waals surface area (Å²) in [6.45, 7) is 0. The van der Waals surface area contributed by atoms with Gasteiger partial charge in [0.15, 0.2) is 0 Å². The maximum Gasteiger partial charge on any atom is 4.00 e. The van der Waals surface area contributed by atoms with Gasteiger partial charge in [-0.25, -0.2) is 0 Å². The van der Waals surface area contributed by atoms with E-state index in [1.165, 1.54) is 0 Å². The minimum Gasteiger partial charge on any atom is 4.00 e. The van der Waals surface area contributed by atoms with Gasteiger partial charge in [0.1, 0.15) is 0 Å². The minimum absolute atomic E-state index is 0. The molecular formula is Cl12Pt3. The van der Waals surface area contributed by atoms with Crippen molar-refractivity contribution in [2.24, 2.45) is 0 Å². The molecule has 114 valence electrons. The third-order valence-electron chi connectivity index (χ3n) is 0. The van der Waals surface area contributed by atoms with E-state index < -0.39 is 14.6 Å². The summed E-state index contributed by atoms with van der Waals surface area (Å²) < 4.78 is 0. The molecule has 0 aromatic rings. The molecule has 0 heterocycles. The van der Waals surface area contributed by atoms with Crippen LogP contribution >= 0.6 is 113 Å². The van der Waals surface area contributed by atoms with Crippen LogP contribution in [0.1, 0.15) is 0 Å². The molecule has 0 spiro atoms. The first-order valence-electron chi connectivity index (χ1n) is 1.43. The third-order valence-corrected chi connectivity index (χ3v) is 0. The molecule has 0 aromatic carbocycles. The molecule has 0 aliphatic rings. The number of hydrogen-bond donors (Lipinski definition) is 0. The molecule has 0 atom stereocenters. The van der Waals surface area contributed by atoms with E-state index in [9.17, 15) is 0 Å². The normalized spacial score (nSPS) is 21.6. The summed E-state index contributed by atoms with van der Waals surface area (Å²) in [6, 6.07) is 0. The Balaban J connectivity index is -0.000000180. The summed E-state index contributed by atoms with van der Waals surface area (Å²) >= 11 is 0.